The molecule has 13 heteroatoms. The van der Waals surface area contributed by atoms with E-state index in [4.69, 9.17) is 22.1 Å². The van der Waals surface area contributed by atoms with Gasteiger partial charge < -0.3 is 20.7 Å². The molecule has 3 heterocycles. The van der Waals surface area contributed by atoms with Crippen molar-refractivity contribution >= 4 is 29.0 Å². The van der Waals surface area contributed by atoms with E-state index in [1.807, 2.05) is 0 Å². The van der Waals surface area contributed by atoms with E-state index in [1.165, 1.54) is 30.3 Å². The average molecular weight is 494 g/mol. The first-order valence-electron chi connectivity index (χ1n) is 10.0. The van der Waals surface area contributed by atoms with Crippen molar-refractivity contribution in [1.82, 2.24) is 24.8 Å². The Morgan fingerprint density at radius 1 is 1.24 bits per heavy atom. The molecular formula is C21H19ClF3N7O2. The quantitative estimate of drug-likeness (QED) is 0.406. The number of anilines is 2. The van der Waals surface area contributed by atoms with Gasteiger partial charge in [-0.25, -0.2) is 15.0 Å². The van der Waals surface area contributed by atoms with E-state index in [-0.39, 0.29) is 41.7 Å². The van der Waals surface area contributed by atoms with Gasteiger partial charge in [0.05, 0.1) is 37.5 Å². The van der Waals surface area contributed by atoms with Gasteiger partial charge in [0.25, 0.3) is 5.91 Å². The van der Waals surface area contributed by atoms with Crippen molar-refractivity contribution in [3.05, 3.63) is 63.8 Å². The number of carbonyl (C=O) groups excluding carboxylic acids is 1. The van der Waals surface area contributed by atoms with Crippen LogP contribution in [0.5, 0.6) is 6.01 Å². The minimum atomic E-state index is -4.53. The molecule has 0 bridgehead atoms. The van der Waals surface area contributed by atoms with Crippen LogP contribution in [-0.4, -0.2) is 37.9 Å². The Morgan fingerprint density at radius 3 is 2.71 bits per heavy atom. The molecule has 1 aliphatic rings. The van der Waals surface area contributed by atoms with Crippen molar-refractivity contribution in [1.29, 1.82) is 0 Å². The standard InChI is InChI=1S/C21H19ClF3N7O2/c1-10(11-5-12(21(23,24)25)7-13(26)6-11)28-17-14-8-32(9-16(14)29-19(22)31-17)18(33)15-3-4-27-20(30-15)34-2/h3-7,10H,8-9,26H2,1-2H3,(H,28,29,31)/t10-/m1/s1. The predicted molar refractivity (Wildman–Crippen MR) is 117 cm³/mol. The van der Waals surface area contributed by atoms with Gasteiger partial charge in [-0.3, -0.25) is 4.79 Å². The number of nitrogens with zero attached hydrogens (tertiary/aromatic N) is 5. The monoisotopic (exact) mass is 493 g/mol. The largest absolute Gasteiger partial charge is 0.467 e. The first-order chi connectivity index (χ1) is 16.0. The lowest BCUT2D eigenvalue weighted by molar-refractivity contribution is -0.137. The molecule has 3 aromatic rings. The SMILES string of the molecule is COc1nccc(C(=O)N2Cc3nc(Cl)nc(N[C@H](C)c4cc(N)cc(C(F)(F)F)c4)c3C2)n1. The summed E-state index contributed by atoms with van der Waals surface area (Å²) in [5.74, 6) is -0.0616. The highest BCUT2D eigenvalue weighted by Gasteiger charge is 2.33. The summed E-state index contributed by atoms with van der Waals surface area (Å²) in [6, 6.07) is 4.27. The van der Waals surface area contributed by atoms with Crippen molar-refractivity contribution in [3.8, 4) is 6.01 Å². The molecule has 178 valence electrons. The maximum absolute atomic E-state index is 13.2. The maximum Gasteiger partial charge on any atom is 0.416 e. The summed E-state index contributed by atoms with van der Waals surface area (Å²) in [6.07, 6.45) is -3.12. The van der Waals surface area contributed by atoms with Crippen molar-refractivity contribution in [2.45, 2.75) is 32.2 Å². The molecule has 1 amide bonds. The number of ether oxygens (including phenoxy) is 1. The maximum atomic E-state index is 13.2. The predicted octanol–water partition coefficient (Wildman–Crippen LogP) is 3.86. The smallest absolute Gasteiger partial charge is 0.416 e. The number of nitrogens with one attached hydrogen (secondary N) is 1. The zero-order valence-corrected chi connectivity index (χ0v) is 18.8. The lowest BCUT2D eigenvalue weighted by Crippen LogP contribution is -2.26. The third kappa shape index (κ3) is 4.81. The van der Waals surface area contributed by atoms with Gasteiger partial charge in [0.15, 0.2) is 0 Å². The average Bonchev–Trinajstić information content (AvgIpc) is 3.21. The van der Waals surface area contributed by atoms with Crippen LogP contribution >= 0.6 is 11.6 Å². The van der Waals surface area contributed by atoms with Crippen molar-refractivity contribution in [3.63, 3.8) is 0 Å². The van der Waals surface area contributed by atoms with Crippen LogP contribution in [0.25, 0.3) is 0 Å². The second-order valence-corrected chi connectivity index (χ2v) is 7.95. The van der Waals surface area contributed by atoms with Gasteiger partial charge in [-0.1, -0.05) is 0 Å². The lowest BCUT2D eigenvalue weighted by Gasteiger charge is -2.19. The Kier molecular flexibility index (Phi) is 6.17. The number of aromatic nitrogens is 4. The Labute approximate surface area is 197 Å². The number of alkyl halides is 3. The molecule has 2 aromatic heterocycles. The summed E-state index contributed by atoms with van der Waals surface area (Å²) >= 11 is 6.08. The first-order valence-corrected chi connectivity index (χ1v) is 10.4. The number of nitrogens with two attached hydrogens (primary N) is 1. The van der Waals surface area contributed by atoms with Crippen LogP contribution in [0.15, 0.2) is 30.5 Å². The molecule has 4 rings (SSSR count). The number of carbonyl (C=O) groups is 1. The van der Waals surface area contributed by atoms with Gasteiger partial charge >= 0.3 is 12.2 Å². The van der Waals surface area contributed by atoms with E-state index in [0.717, 1.165) is 12.1 Å². The van der Waals surface area contributed by atoms with Crippen LogP contribution in [0.1, 0.15) is 45.8 Å². The van der Waals surface area contributed by atoms with Crippen LogP contribution < -0.4 is 15.8 Å². The van der Waals surface area contributed by atoms with E-state index in [1.54, 1.807) is 6.92 Å². The molecule has 0 saturated carbocycles. The molecule has 1 atom stereocenters. The van der Waals surface area contributed by atoms with Crippen molar-refractivity contribution in [2.24, 2.45) is 0 Å². The van der Waals surface area contributed by atoms with E-state index in [2.05, 4.69) is 25.3 Å². The summed E-state index contributed by atoms with van der Waals surface area (Å²) in [7, 11) is 1.39. The number of hydrogen-bond acceptors (Lipinski definition) is 8. The fraction of sp³-hybridized carbons (Fsp3) is 0.286. The molecule has 3 N–H and O–H groups in total. The number of methoxy groups -OCH3 is 1. The molecule has 0 fully saturated rings. The number of hydrogen-bond donors (Lipinski definition) is 2. The molecule has 9 nitrogen and oxygen atoms in total. The number of fused-ring (bicyclic) bond motifs is 1. The summed E-state index contributed by atoms with van der Waals surface area (Å²) in [5, 5.41) is 3.02. The Balaban J connectivity index is 1.59. The van der Waals surface area contributed by atoms with E-state index >= 15 is 0 Å². The highest BCUT2D eigenvalue weighted by molar-refractivity contribution is 6.28. The minimum Gasteiger partial charge on any atom is -0.467 e. The highest BCUT2D eigenvalue weighted by Crippen LogP contribution is 2.35. The van der Waals surface area contributed by atoms with Crippen LogP contribution in [0, 0.1) is 0 Å². The number of amides is 1. The number of halogens is 4. The Morgan fingerprint density at radius 2 is 2.00 bits per heavy atom. The molecular weight excluding hydrogens is 475 g/mol. The number of benzene rings is 1. The van der Waals surface area contributed by atoms with Crippen molar-refractivity contribution in [2.75, 3.05) is 18.2 Å². The van der Waals surface area contributed by atoms with Crippen LogP contribution in [0.3, 0.4) is 0 Å². The van der Waals surface area contributed by atoms with Crippen LogP contribution in [-0.2, 0) is 19.3 Å². The summed E-state index contributed by atoms with van der Waals surface area (Å²) in [5.41, 5.74) is 6.41. The van der Waals surface area contributed by atoms with Gasteiger partial charge in [-0.05, 0) is 48.4 Å². The van der Waals surface area contributed by atoms with Gasteiger partial charge in [-0.15, -0.1) is 0 Å². The van der Waals surface area contributed by atoms with E-state index in [0.29, 0.717) is 22.6 Å². The van der Waals surface area contributed by atoms with E-state index in [9.17, 15) is 18.0 Å². The fourth-order valence-corrected chi connectivity index (χ4v) is 3.77. The van der Waals surface area contributed by atoms with Crippen LogP contribution in [0.2, 0.25) is 5.28 Å². The summed E-state index contributed by atoms with van der Waals surface area (Å²) < 4.78 is 44.6. The van der Waals surface area contributed by atoms with Gasteiger partial charge in [-0.2, -0.15) is 18.2 Å². The summed E-state index contributed by atoms with van der Waals surface area (Å²) in [6.45, 7) is 1.97. The Hall–Kier alpha value is -3.67. The number of nitrogen functional groups attached to an aromatic ring is 1. The third-order valence-electron chi connectivity index (χ3n) is 5.24. The third-order valence-corrected chi connectivity index (χ3v) is 5.40. The normalized spacial score (nSPS) is 14.0. The number of rotatable bonds is 5. The highest BCUT2D eigenvalue weighted by atomic mass is 35.5. The van der Waals surface area contributed by atoms with E-state index < -0.39 is 17.8 Å². The molecule has 34 heavy (non-hydrogen) atoms. The molecule has 0 unspecified atom stereocenters. The Bertz CT molecular complexity index is 1260. The molecule has 0 aliphatic carbocycles. The first kappa shape index (κ1) is 23.5. The lowest BCUT2D eigenvalue weighted by atomic mass is 10.0. The fourth-order valence-electron chi connectivity index (χ4n) is 3.59. The van der Waals surface area contributed by atoms with Gasteiger partial charge in [0.1, 0.15) is 11.5 Å². The summed E-state index contributed by atoms with van der Waals surface area (Å²) in [4.78, 5) is 30.8. The van der Waals surface area contributed by atoms with Gasteiger partial charge in [0.2, 0.25) is 5.28 Å². The second-order valence-electron chi connectivity index (χ2n) is 7.61. The second kappa shape index (κ2) is 8.93. The zero-order chi connectivity index (χ0) is 24.6. The molecule has 1 aromatic carbocycles. The molecule has 0 saturated heterocycles. The van der Waals surface area contributed by atoms with Crippen LogP contribution in [0.4, 0.5) is 24.7 Å². The van der Waals surface area contributed by atoms with Gasteiger partial charge in [0, 0.05) is 17.4 Å². The molecule has 0 spiro atoms. The molecule has 1 aliphatic heterocycles. The minimum absolute atomic E-state index is 0.0125. The zero-order valence-electron chi connectivity index (χ0n) is 18.0. The molecule has 0 radical (unpaired) electrons. The van der Waals surface area contributed by atoms with Crippen molar-refractivity contribution < 1.29 is 22.7 Å². The topological polar surface area (TPSA) is 119 Å².